The molecule has 3 nitrogen and oxygen atoms in total. The summed E-state index contributed by atoms with van der Waals surface area (Å²) in [4.78, 5) is 14.1. The summed E-state index contributed by atoms with van der Waals surface area (Å²) in [7, 11) is 1.97. The smallest absolute Gasteiger partial charge is 0.152 e. The normalized spacial score (nSPS) is 10.2. The molecule has 1 aromatic heterocycles. The zero-order valence-electron chi connectivity index (χ0n) is 13.6. The summed E-state index contributed by atoms with van der Waals surface area (Å²) in [6.45, 7) is 20.5. The molecule has 0 aromatic carbocycles. The molecule has 0 N–H and O–H groups in total. The maximum Gasteiger partial charge on any atom is 0.152 e. The van der Waals surface area contributed by atoms with Crippen molar-refractivity contribution in [3.63, 3.8) is 0 Å². The van der Waals surface area contributed by atoms with Crippen molar-refractivity contribution in [2.45, 2.75) is 25.8 Å². The lowest BCUT2D eigenvalue weighted by Gasteiger charge is -2.21. The Hall–Kier alpha value is -2.29. The molecule has 0 aliphatic heterocycles. The van der Waals surface area contributed by atoms with Gasteiger partial charge in [0, 0.05) is 36.4 Å². The number of hydrogen-bond donors (Lipinski definition) is 0. The molecule has 0 bridgehead atoms. The van der Waals surface area contributed by atoms with E-state index in [1.165, 1.54) is 0 Å². The van der Waals surface area contributed by atoms with E-state index in [4.69, 9.17) is 0 Å². The van der Waals surface area contributed by atoms with Gasteiger partial charge in [-0.1, -0.05) is 39.0 Å². The van der Waals surface area contributed by atoms with Crippen LogP contribution in [-0.2, 0) is 11.3 Å². The van der Waals surface area contributed by atoms with E-state index in [0.717, 1.165) is 41.4 Å². The summed E-state index contributed by atoms with van der Waals surface area (Å²) in [6.07, 6.45) is 3.87. The number of Topliss-reactive ketones (excluding diaryl/α,β-unsaturated/α-hetero) is 1. The molecule has 0 saturated carbocycles. The molecular weight excluding hydrogens is 272 g/mol. The van der Waals surface area contributed by atoms with E-state index in [-0.39, 0.29) is 5.78 Å². The number of aromatic nitrogens is 1. The van der Waals surface area contributed by atoms with Crippen molar-refractivity contribution in [1.29, 1.82) is 0 Å². The van der Waals surface area contributed by atoms with Crippen molar-refractivity contribution in [3.05, 3.63) is 59.9 Å². The molecule has 3 heteroatoms. The maximum absolute atomic E-state index is 12.0. The third-order valence-electron chi connectivity index (χ3n) is 3.69. The van der Waals surface area contributed by atoms with Crippen molar-refractivity contribution < 1.29 is 4.79 Å². The minimum absolute atomic E-state index is 0.192. The summed E-state index contributed by atoms with van der Waals surface area (Å²) in [5.41, 5.74) is 1.96. The fourth-order valence-corrected chi connectivity index (χ4v) is 2.18. The highest BCUT2D eigenvalue weighted by Gasteiger charge is 2.07. The number of likely N-dealkylation sites (N-methyl/N-ethyl adjacent to an activating group) is 1. The Kier molecular flexibility index (Phi) is 6.64. The van der Waals surface area contributed by atoms with Crippen LogP contribution in [-0.4, -0.2) is 28.8 Å². The Labute approximate surface area is 133 Å². The van der Waals surface area contributed by atoms with E-state index in [2.05, 4.69) is 32.9 Å². The third kappa shape index (κ3) is 5.24. The van der Waals surface area contributed by atoms with E-state index in [9.17, 15) is 4.79 Å². The topological polar surface area (TPSA) is 25.2 Å². The number of allylic oxidation sites excluding steroid dienone is 1. The minimum atomic E-state index is 0.192. The maximum atomic E-state index is 12.0. The van der Waals surface area contributed by atoms with Gasteiger partial charge >= 0.3 is 0 Å². The number of rotatable bonds is 10. The van der Waals surface area contributed by atoms with E-state index in [1.807, 2.05) is 28.6 Å². The van der Waals surface area contributed by atoms with Gasteiger partial charge in [0.1, 0.15) is 0 Å². The predicted molar refractivity (Wildman–Crippen MR) is 94.7 cm³/mol. The van der Waals surface area contributed by atoms with Crippen molar-refractivity contribution in [3.8, 4) is 0 Å². The summed E-state index contributed by atoms with van der Waals surface area (Å²) < 4.78 is 1.84. The molecule has 0 fully saturated rings. The molecule has 0 atom stereocenters. The SMILES string of the molecule is C=CC(=C)CN(C)C(=C)CCCC(=O)Cn1c(=C)ccc1=C. The van der Waals surface area contributed by atoms with Crippen LogP contribution >= 0.6 is 0 Å². The lowest BCUT2D eigenvalue weighted by molar-refractivity contribution is -0.119. The predicted octanol–water partition coefficient (Wildman–Crippen LogP) is 2.24. The van der Waals surface area contributed by atoms with Gasteiger partial charge in [-0.05, 0) is 30.5 Å². The van der Waals surface area contributed by atoms with Crippen LogP contribution in [0.1, 0.15) is 19.3 Å². The molecule has 0 saturated heterocycles. The Balaban J connectivity index is 2.38. The second-order valence-electron chi connectivity index (χ2n) is 5.58. The summed E-state index contributed by atoms with van der Waals surface area (Å²) in [5.74, 6) is 0.192. The second kappa shape index (κ2) is 8.23. The first-order chi connectivity index (χ1) is 10.3. The molecular formula is C19H26N2O. The minimum Gasteiger partial charge on any atom is -0.374 e. The van der Waals surface area contributed by atoms with Crippen LogP contribution in [0.15, 0.2) is 49.2 Å². The highest BCUT2D eigenvalue weighted by atomic mass is 16.1. The second-order valence-corrected chi connectivity index (χ2v) is 5.58. The zero-order valence-corrected chi connectivity index (χ0v) is 13.6. The van der Waals surface area contributed by atoms with Crippen LogP contribution in [0.4, 0.5) is 0 Å². The van der Waals surface area contributed by atoms with Gasteiger partial charge in [-0.3, -0.25) is 4.79 Å². The lowest BCUT2D eigenvalue weighted by Crippen LogP contribution is -2.28. The Morgan fingerprint density at radius 1 is 1.23 bits per heavy atom. The van der Waals surface area contributed by atoms with Gasteiger partial charge in [-0.25, -0.2) is 0 Å². The monoisotopic (exact) mass is 298 g/mol. The summed E-state index contributed by atoms with van der Waals surface area (Å²) in [6, 6.07) is 3.75. The van der Waals surface area contributed by atoms with Crippen molar-refractivity contribution in [1.82, 2.24) is 9.47 Å². The van der Waals surface area contributed by atoms with Crippen LogP contribution < -0.4 is 10.7 Å². The van der Waals surface area contributed by atoms with E-state index in [0.29, 0.717) is 13.0 Å². The van der Waals surface area contributed by atoms with Crippen molar-refractivity contribution in [2.24, 2.45) is 0 Å². The average Bonchev–Trinajstić information content (AvgIpc) is 2.78. The number of carbonyl (C=O) groups is 1. The molecule has 0 spiro atoms. The average molecular weight is 298 g/mol. The van der Waals surface area contributed by atoms with Gasteiger partial charge in [0.05, 0.1) is 6.54 Å². The molecule has 22 heavy (non-hydrogen) atoms. The van der Waals surface area contributed by atoms with Crippen LogP contribution in [0.2, 0.25) is 0 Å². The molecule has 0 radical (unpaired) electrons. The van der Waals surface area contributed by atoms with Crippen LogP contribution in [0.25, 0.3) is 13.2 Å². The molecule has 0 aliphatic carbocycles. The molecule has 1 heterocycles. The quantitative estimate of drug-likeness (QED) is 0.619. The van der Waals surface area contributed by atoms with Crippen LogP contribution in [0.3, 0.4) is 0 Å². The Morgan fingerprint density at radius 3 is 2.36 bits per heavy atom. The van der Waals surface area contributed by atoms with Gasteiger partial charge in [0.25, 0.3) is 0 Å². The lowest BCUT2D eigenvalue weighted by atomic mass is 10.1. The molecule has 1 aromatic rings. The van der Waals surface area contributed by atoms with Crippen LogP contribution in [0, 0.1) is 0 Å². The fourth-order valence-electron chi connectivity index (χ4n) is 2.18. The largest absolute Gasteiger partial charge is 0.374 e. The van der Waals surface area contributed by atoms with E-state index >= 15 is 0 Å². The number of nitrogens with zero attached hydrogens (tertiary/aromatic N) is 2. The van der Waals surface area contributed by atoms with Gasteiger partial charge < -0.3 is 9.47 Å². The first kappa shape index (κ1) is 17.8. The number of carbonyl (C=O) groups excluding carboxylic acids is 1. The standard InChI is InChI=1S/C19H26N2O/c1-7-15(2)13-20(6)16(3)9-8-10-19(22)14-21-17(4)11-12-18(21)5/h7,11-12H,1-5,8-10,13-14H2,6H3. The number of hydrogen-bond acceptors (Lipinski definition) is 2. The fraction of sp³-hybridized carbons (Fsp3) is 0.316. The summed E-state index contributed by atoms with van der Waals surface area (Å²) >= 11 is 0. The first-order valence-corrected chi connectivity index (χ1v) is 7.39. The van der Waals surface area contributed by atoms with E-state index < -0.39 is 0 Å². The Morgan fingerprint density at radius 2 is 1.82 bits per heavy atom. The highest BCUT2D eigenvalue weighted by Crippen LogP contribution is 2.11. The van der Waals surface area contributed by atoms with Crippen molar-refractivity contribution >= 4 is 18.9 Å². The molecule has 1 rings (SSSR count). The van der Waals surface area contributed by atoms with Crippen molar-refractivity contribution in [2.75, 3.05) is 13.6 Å². The molecule has 0 unspecified atom stereocenters. The third-order valence-corrected chi connectivity index (χ3v) is 3.69. The summed E-state index contributed by atoms with van der Waals surface area (Å²) in [5, 5.41) is 1.65. The van der Waals surface area contributed by atoms with E-state index in [1.54, 1.807) is 6.08 Å². The van der Waals surface area contributed by atoms with Gasteiger partial charge in [-0.15, -0.1) is 0 Å². The number of ketones is 1. The highest BCUT2D eigenvalue weighted by molar-refractivity contribution is 5.78. The van der Waals surface area contributed by atoms with Gasteiger partial charge in [0.15, 0.2) is 5.78 Å². The molecule has 118 valence electrons. The molecule has 0 amide bonds. The van der Waals surface area contributed by atoms with Crippen LogP contribution in [0.5, 0.6) is 0 Å². The Bertz CT molecular complexity index is 639. The molecule has 0 aliphatic rings. The van der Waals surface area contributed by atoms with Gasteiger partial charge in [0.2, 0.25) is 0 Å². The van der Waals surface area contributed by atoms with Gasteiger partial charge in [-0.2, -0.15) is 0 Å². The zero-order chi connectivity index (χ0) is 16.7. The first-order valence-electron chi connectivity index (χ1n) is 7.39.